The quantitative estimate of drug-likeness (QED) is 0.117. The fraction of sp³-hybridized carbons (Fsp3) is 0.0526. The molecule has 0 atom stereocenters. The van der Waals surface area contributed by atoms with Crippen molar-refractivity contribution in [3.63, 3.8) is 0 Å². The molecule has 0 nitrogen and oxygen atoms in total. The van der Waals surface area contributed by atoms with E-state index in [0.29, 0.717) is 0 Å². The Labute approximate surface area is 248 Å². The zero-order valence-corrected chi connectivity index (χ0v) is 27.2. The molecule has 0 saturated heterocycles. The second-order valence-electron chi connectivity index (χ2n) is 10.4. The first-order chi connectivity index (χ1) is 20.1. The van der Waals surface area contributed by atoms with E-state index in [-0.39, 0.29) is 0 Å². The van der Waals surface area contributed by atoms with Crippen LogP contribution < -0.4 is 31.8 Å². The van der Waals surface area contributed by atoms with Crippen LogP contribution in [-0.2, 0) is 14.5 Å². The molecule has 0 aliphatic carbocycles. The van der Waals surface area contributed by atoms with Crippen molar-refractivity contribution in [1.82, 2.24) is 0 Å². The molecule has 0 unspecified atom stereocenters. The van der Waals surface area contributed by atoms with E-state index in [1.54, 1.807) is 0 Å². The Bertz CT molecular complexity index is 1350. The first-order valence-electron chi connectivity index (χ1n) is 13.9. The van der Waals surface area contributed by atoms with Gasteiger partial charge in [0.05, 0.1) is 0 Å². The van der Waals surface area contributed by atoms with E-state index in [1.807, 2.05) is 0 Å². The molecule has 0 amide bonds. The van der Waals surface area contributed by atoms with Gasteiger partial charge in [-0.1, -0.05) is 0 Å². The molecule has 3 heteroatoms. The van der Waals surface area contributed by atoms with Gasteiger partial charge in [0.25, 0.3) is 0 Å². The van der Waals surface area contributed by atoms with Crippen molar-refractivity contribution in [1.29, 1.82) is 0 Å². The first-order valence-corrected chi connectivity index (χ1v) is 25.3. The van der Waals surface area contributed by atoms with Crippen LogP contribution in [0.3, 0.4) is 0 Å². The molecule has 0 spiro atoms. The topological polar surface area (TPSA) is 0 Å². The Morgan fingerprint density at radius 3 is 0.561 bits per heavy atom. The Morgan fingerprint density at radius 1 is 0.268 bits per heavy atom. The third kappa shape index (κ3) is 4.58. The molecule has 0 fully saturated rings. The van der Waals surface area contributed by atoms with Crippen LogP contribution in [0.25, 0.3) is 0 Å². The van der Waals surface area contributed by atoms with Gasteiger partial charge in [-0.25, -0.2) is 0 Å². The van der Waals surface area contributed by atoms with E-state index in [0.717, 1.165) is 0 Å². The Morgan fingerprint density at radius 2 is 0.415 bits per heavy atom. The van der Waals surface area contributed by atoms with Gasteiger partial charge in [-0.05, 0) is 0 Å². The second kappa shape index (κ2) is 12.0. The zero-order chi connectivity index (χ0) is 28.2. The van der Waals surface area contributed by atoms with Gasteiger partial charge in [0.2, 0.25) is 0 Å². The molecule has 0 aliphatic heterocycles. The summed E-state index contributed by atoms with van der Waals surface area (Å²) in [5.74, 6) is 0. The van der Waals surface area contributed by atoms with Crippen LogP contribution in [0.4, 0.5) is 0 Å². The zero-order valence-electron chi connectivity index (χ0n) is 23.6. The molecule has 0 saturated carbocycles. The van der Waals surface area contributed by atoms with Crippen LogP contribution in [0, 0.1) is 0 Å². The number of rotatable bonds is 8. The van der Waals surface area contributed by atoms with Crippen molar-refractivity contribution in [3.8, 4) is 0 Å². The van der Waals surface area contributed by atoms with Crippen LogP contribution in [0.1, 0.15) is 0 Å². The third-order valence-corrected chi connectivity index (χ3v) is 51.0. The van der Waals surface area contributed by atoms with Gasteiger partial charge in [0.1, 0.15) is 0 Å². The van der Waals surface area contributed by atoms with E-state index < -0.39 is 25.4 Å². The molecular formula is C38H38P2Pd. The van der Waals surface area contributed by atoms with Gasteiger partial charge in [0, 0.05) is 0 Å². The van der Waals surface area contributed by atoms with Crippen LogP contribution in [0.2, 0.25) is 10.8 Å². The van der Waals surface area contributed by atoms with E-state index in [9.17, 15) is 0 Å². The SMILES string of the molecule is [CH3][Pd]([CH3])([PH](c1ccccc1)(c1ccccc1)c1ccccc1)[PH](c1ccccc1)(c1ccccc1)c1ccccc1. The monoisotopic (exact) mass is 662 g/mol. The molecule has 0 bridgehead atoms. The molecule has 0 heterocycles. The fourth-order valence-electron chi connectivity index (χ4n) is 6.49. The van der Waals surface area contributed by atoms with Crippen LogP contribution in [0.5, 0.6) is 0 Å². The summed E-state index contributed by atoms with van der Waals surface area (Å²) in [4.78, 5) is 0. The van der Waals surface area contributed by atoms with Gasteiger partial charge in [-0.15, -0.1) is 0 Å². The van der Waals surface area contributed by atoms with Crippen molar-refractivity contribution >= 4 is 42.7 Å². The minimum absolute atomic E-state index is 1.51. The van der Waals surface area contributed by atoms with Crippen molar-refractivity contribution in [2.45, 2.75) is 10.8 Å². The molecule has 6 aromatic carbocycles. The van der Waals surface area contributed by atoms with Crippen molar-refractivity contribution in [2.24, 2.45) is 0 Å². The van der Waals surface area contributed by atoms with Gasteiger partial charge in [-0.2, -0.15) is 0 Å². The molecular weight excluding hydrogens is 625 g/mol. The van der Waals surface area contributed by atoms with Crippen LogP contribution in [-0.4, -0.2) is 0 Å². The molecule has 0 radical (unpaired) electrons. The van der Waals surface area contributed by atoms with Crippen molar-refractivity contribution in [2.75, 3.05) is 0 Å². The van der Waals surface area contributed by atoms with Gasteiger partial charge in [0.15, 0.2) is 0 Å². The summed E-state index contributed by atoms with van der Waals surface area (Å²) >= 11 is -2.61. The number of hydrogen-bond donors (Lipinski definition) is 0. The molecule has 210 valence electrons. The van der Waals surface area contributed by atoms with Gasteiger partial charge >= 0.3 is 250 Å². The van der Waals surface area contributed by atoms with E-state index in [1.165, 1.54) is 31.8 Å². The Hall–Kier alpha value is -3.16. The Kier molecular flexibility index (Phi) is 8.18. The summed E-state index contributed by atoms with van der Waals surface area (Å²) < 4.78 is 0. The number of benzene rings is 6. The maximum atomic E-state index is 2.75. The normalized spacial score (nSPS) is 13.3. The predicted molar refractivity (Wildman–Crippen MR) is 185 cm³/mol. The van der Waals surface area contributed by atoms with E-state index >= 15 is 0 Å². The maximum absolute atomic E-state index is 2.75. The summed E-state index contributed by atoms with van der Waals surface area (Å²) in [5, 5.41) is 14.6. The van der Waals surface area contributed by atoms with Crippen LogP contribution in [0.15, 0.2) is 182 Å². The van der Waals surface area contributed by atoms with E-state index in [4.69, 9.17) is 0 Å². The molecule has 0 aromatic heterocycles. The minimum atomic E-state index is -2.62. The molecule has 6 rings (SSSR count). The second-order valence-corrected chi connectivity index (χ2v) is 39.6. The standard InChI is InChI=1S/2C18H15P.2CH3.Pd/c2*1-4-10-16(11-5-1)19(17-12-6-2-7-13-17)18-14-8-3-9-15-18;;;/h2*1-15H;2*1H3;/q;;;;-2/p+2. The summed E-state index contributed by atoms with van der Waals surface area (Å²) in [5.41, 5.74) is -5.25. The number of hydrogen-bond acceptors (Lipinski definition) is 0. The van der Waals surface area contributed by atoms with Gasteiger partial charge in [-0.3, -0.25) is 0 Å². The first kappa shape index (κ1) is 28.0. The predicted octanol–water partition coefficient (Wildman–Crippen LogP) is 7.52. The van der Waals surface area contributed by atoms with Crippen molar-refractivity contribution < 1.29 is 14.5 Å². The molecule has 0 N–H and O–H groups in total. The average molecular weight is 663 g/mol. The molecule has 0 aliphatic rings. The molecule has 6 aromatic rings. The summed E-state index contributed by atoms with van der Waals surface area (Å²) in [6, 6.07) is 69.3. The third-order valence-electron chi connectivity index (χ3n) is 8.11. The fourth-order valence-corrected chi connectivity index (χ4v) is 58.9. The average Bonchev–Trinajstić information content (AvgIpc) is 3.05. The van der Waals surface area contributed by atoms with Crippen LogP contribution >= 0.6 is 10.9 Å². The summed E-state index contributed by atoms with van der Waals surface area (Å²) in [7, 11) is 0. The van der Waals surface area contributed by atoms with Gasteiger partial charge < -0.3 is 0 Å². The summed E-state index contributed by atoms with van der Waals surface area (Å²) in [6.45, 7) is 0. The summed E-state index contributed by atoms with van der Waals surface area (Å²) in [6.07, 6.45) is 0. The van der Waals surface area contributed by atoms with E-state index in [2.05, 4.69) is 193 Å². The van der Waals surface area contributed by atoms with Crippen molar-refractivity contribution in [3.05, 3.63) is 182 Å². The molecule has 41 heavy (non-hydrogen) atoms. The Balaban J connectivity index is 1.86.